The van der Waals surface area contributed by atoms with Crippen molar-refractivity contribution in [2.24, 2.45) is 0 Å². The summed E-state index contributed by atoms with van der Waals surface area (Å²) in [6, 6.07) is 6.91. The second-order valence-corrected chi connectivity index (χ2v) is 4.61. The molecule has 4 nitrogen and oxygen atoms in total. The number of ether oxygens (including phenoxy) is 1. The van der Waals surface area contributed by atoms with E-state index in [0.717, 1.165) is 13.0 Å². The Morgan fingerprint density at radius 3 is 2.89 bits per heavy atom. The van der Waals surface area contributed by atoms with E-state index in [-0.39, 0.29) is 0 Å². The first-order valence-corrected chi connectivity index (χ1v) is 6.64. The highest BCUT2D eigenvalue weighted by molar-refractivity contribution is 6.42. The maximum absolute atomic E-state index is 6.05. The standard InChI is InChI=1S/C13H13Cl2N3O/c1-2-6-16-11-7-12(18-8-17-11)19-10-5-3-4-9(14)13(10)15/h3-5,7-8H,2,6H2,1H3,(H,16,17,18). The van der Waals surface area contributed by atoms with Crippen molar-refractivity contribution >= 4 is 29.0 Å². The number of nitrogens with zero attached hydrogens (tertiary/aromatic N) is 2. The van der Waals surface area contributed by atoms with Crippen molar-refractivity contribution in [3.63, 3.8) is 0 Å². The first-order valence-electron chi connectivity index (χ1n) is 5.88. The lowest BCUT2D eigenvalue weighted by atomic mass is 10.3. The maximum atomic E-state index is 6.05. The number of rotatable bonds is 5. The molecule has 0 saturated carbocycles. The van der Waals surface area contributed by atoms with E-state index in [9.17, 15) is 0 Å². The molecule has 6 heteroatoms. The molecular weight excluding hydrogens is 285 g/mol. The zero-order valence-electron chi connectivity index (χ0n) is 10.4. The van der Waals surface area contributed by atoms with E-state index < -0.39 is 0 Å². The average molecular weight is 298 g/mol. The largest absolute Gasteiger partial charge is 0.437 e. The van der Waals surface area contributed by atoms with E-state index in [1.54, 1.807) is 24.3 Å². The van der Waals surface area contributed by atoms with Gasteiger partial charge < -0.3 is 10.1 Å². The van der Waals surface area contributed by atoms with E-state index in [1.165, 1.54) is 6.33 Å². The molecule has 0 bridgehead atoms. The molecule has 0 atom stereocenters. The Bertz CT molecular complexity index is 563. The van der Waals surface area contributed by atoms with E-state index >= 15 is 0 Å². The van der Waals surface area contributed by atoms with Gasteiger partial charge in [-0.1, -0.05) is 36.2 Å². The van der Waals surface area contributed by atoms with Crippen LogP contribution in [0.5, 0.6) is 11.6 Å². The van der Waals surface area contributed by atoms with E-state index in [1.807, 2.05) is 0 Å². The fraction of sp³-hybridized carbons (Fsp3) is 0.231. The monoisotopic (exact) mass is 297 g/mol. The second-order valence-electron chi connectivity index (χ2n) is 3.82. The molecule has 19 heavy (non-hydrogen) atoms. The summed E-state index contributed by atoms with van der Waals surface area (Å²) >= 11 is 12.0. The van der Waals surface area contributed by atoms with Gasteiger partial charge in [-0.05, 0) is 18.6 Å². The number of halogens is 2. The van der Waals surface area contributed by atoms with Crippen LogP contribution in [0.15, 0.2) is 30.6 Å². The quantitative estimate of drug-likeness (QED) is 0.889. The molecule has 0 fully saturated rings. The van der Waals surface area contributed by atoms with Gasteiger partial charge in [-0.15, -0.1) is 0 Å². The van der Waals surface area contributed by atoms with Crippen LogP contribution in [0.1, 0.15) is 13.3 Å². The van der Waals surface area contributed by atoms with Crippen LogP contribution in [0.4, 0.5) is 5.82 Å². The van der Waals surface area contributed by atoms with Gasteiger partial charge in [0.15, 0.2) is 0 Å². The van der Waals surface area contributed by atoms with Gasteiger partial charge in [0.1, 0.15) is 22.9 Å². The number of nitrogens with one attached hydrogen (secondary N) is 1. The first-order chi connectivity index (χ1) is 9.20. The van der Waals surface area contributed by atoms with Gasteiger partial charge in [0.05, 0.1) is 5.02 Å². The highest BCUT2D eigenvalue weighted by Gasteiger charge is 2.08. The Morgan fingerprint density at radius 1 is 1.26 bits per heavy atom. The summed E-state index contributed by atoms with van der Waals surface area (Å²) in [6.45, 7) is 2.92. The van der Waals surface area contributed by atoms with Gasteiger partial charge in [0.25, 0.3) is 0 Å². The molecule has 0 amide bonds. The summed E-state index contributed by atoms with van der Waals surface area (Å²) in [5.74, 6) is 1.59. The lowest BCUT2D eigenvalue weighted by molar-refractivity contribution is 0.462. The van der Waals surface area contributed by atoms with Crippen molar-refractivity contribution in [1.82, 2.24) is 9.97 Å². The van der Waals surface area contributed by atoms with Crippen LogP contribution in [-0.4, -0.2) is 16.5 Å². The molecule has 0 aliphatic rings. The van der Waals surface area contributed by atoms with E-state index in [2.05, 4.69) is 22.2 Å². The molecule has 0 radical (unpaired) electrons. The lowest BCUT2D eigenvalue weighted by Crippen LogP contribution is -2.02. The van der Waals surface area contributed by atoms with Crippen LogP contribution in [-0.2, 0) is 0 Å². The minimum absolute atomic E-state index is 0.367. The fourth-order valence-electron chi connectivity index (χ4n) is 1.42. The van der Waals surface area contributed by atoms with E-state index in [4.69, 9.17) is 27.9 Å². The summed E-state index contributed by atoms with van der Waals surface area (Å²) in [5, 5.41) is 3.97. The highest BCUT2D eigenvalue weighted by Crippen LogP contribution is 2.34. The zero-order chi connectivity index (χ0) is 13.7. The summed E-state index contributed by atoms with van der Waals surface area (Å²) in [6.07, 6.45) is 2.45. The van der Waals surface area contributed by atoms with Gasteiger partial charge in [-0.3, -0.25) is 0 Å². The third-order valence-electron chi connectivity index (χ3n) is 2.33. The minimum Gasteiger partial charge on any atom is -0.437 e. The number of anilines is 1. The fourth-order valence-corrected chi connectivity index (χ4v) is 1.75. The Morgan fingerprint density at radius 2 is 2.11 bits per heavy atom. The van der Waals surface area contributed by atoms with Crippen LogP contribution in [0, 0.1) is 0 Å². The van der Waals surface area contributed by atoms with Crippen LogP contribution in [0.25, 0.3) is 0 Å². The first kappa shape index (κ1) is 13.9. The van der Waals surface area contributed by atoms with Crippen LogP contribution in [0.3, 0.4) is 0 Å². The maximum Gasteiger partial charge on any atom is 0.224 e. The topological polar surface area (TPSA) is 47.0 Å². The molecule has 1 aromatic heterocycles. The molecule has 100 valence electrons. The predicted molar refractivity (Wildman–Crippen MR) is 77.3 cm³/mol. The molecule has 0 aliphatic carbocycles. The predicted octanol–water partition coefficient (Wildman–Crippen LogP) is 4.40. The lowest BCUT2D eigenvalue weighted by Gasteiger charge is -2.09. The number of aromatic nitrogens is 2. The third-order valence-corrected chi connectivity index (χ3v) is 3.13. The Hall–Kier alpha value is -1.52. The Labute approximate surface area is 121 Å². The number of hydrogen-bond donors (Lipinski definition) is 1. The number of hydrogen-bond acceptors (Lipinski definition) is 4. The summed E-state index contributed by atoms with van der Waals surface area (Å²) in [7, 11) is 0. The molecule has 0 saturated heterocycles. The molecule has 1 aromatic carbocycles. The molecule has 1 N–H and O–H groups in total. The average Bonchev–Trinajstić information content (AvgIpc) is 2.42. The van der Waals surface area contributed by atoms with Crippen molar-refractivity contribution < 1.29 is 4.74 Å². The second kappa shape index (κ2) is 6.59. The van der Waals surface area contributed by atoms with Gasteiger partial charge >= 0.3 is 0 Å². The Balaban J connectivity index is 2.16. The molecule has 0 aliphatic heterocycles. The zero-order valence-corrected chi connectivity index (χ0v) is 11.9. The molecule has 0 spiro atoms. The van der Waals surface area contributed by atoms with Crippen molar-refractivity contribution in [3.8, 4) is 11.6 Å². The van der Waals surface area contributed by atoms with Crippen LogP contribution >= 0.6 is 23.2 Å². The minimum atomic E-state index is 0.367. The van der Waals surface area contributed by atoms with Crippen molar-refractivity contribution in [2.75, 3.05) is 11.9 Å². The third kappa shape index (κ3) is 3.72. The van der Waals surface area contributed by atoms with Gasteiger partial charge in [0.2, 0.25) is 5.88 Å². The van der Waals surface area contributed by atoms with Gasteiger partial charge in [-0.2, -0.15) is 0 Å². The molecule has 2 rings (SSSR count). The summed E-state index contributed by atoms with van der Waals surface area (Å²) in [4.78, 5) is 8.14. The molecule has 2 aromatic rings. The molecule has 0 unspecified atom stereocenters. The summed E-state index contributed by atoms with van der Waals surface area (Å²) in [5.41, 5.74) is 0. The van der Waals surface area contributed by atoms with Crippen LogP contribution < -0.4 is 10.1 Å². The van der Waals surface area contributed by atoms with Crippen molar-refractivity contribution in [1.29, 1.82) is 0 Å². The van der Waals surface area contributed by atoms with Crippen LogP contribution in [0.2, 0.25) is 10.0 Å². The van der Waals surface area contributed by atoms with Crippen molar-refractivity contribution in [2.45, 2.75) is 13.3 Å². The normalized spacial score (nSPS) is 10.3. The number of benzene rings is 1. The van der Waals surface area contributed by atoms with Gasteiger partial charge in [0, 0.05) is 12.6 Å². The smallest absolute Gasteiger partial charge is 0.224 e. The highest BCUT2D eigenvalue weighted by atomic mass is 35.5. The SMILES string of the molecule is CCCNc1cc(Oc2cccc(Cl)c2Cl)ncn1. The summed E-state index contributed by atoms with van der Waals surface area (Å²) < 4.78 is 5.60. The van der Waals surface area contributed by atoms with Gasteiger partial charge in [-0.25, -0.2) is 9.97 Å². The molecule has 1 heterocycles. The Kier molecular flexibility index (Phi) is 4.82. The van der Waals surface area contributed by atoms with E-state index in [0.29, 0.717) is 27.5 Å². The van der Waals surface area contributed by atoms with Crippen molar-refractivity contribution in [3.05, 3.63) is 40.6 Å². The molecular formula is C13H13Cl2N3O.